The minimum Gasteiger partial charge on any atom is -0.492 e. The number of ether oxygens (including phenoxy) is 1. The summed E-state index contributed by atoms with van der Waals surface area (Å²) in [5.41, 5.74) is 1.68. The van der Waals surface area contributed by atoms with Crippen molar-refractivity contribution >= 4 is 17.5 Å². The van der Waals surface area contributed by atoms with Crippen LogP contribution in [0.4, 0.5) is 5.69 Å². The van der Waals surface area contributed by atoms with Gasteiger partial charge < -0.3 is 15.0 Å². The molecule has 2 aromatic rings. The topological polar surface area (TPSA) is 61.9 Å². The van der Waals surface area contributed by atoms with Crippen LogP contribution in [-0.2, 0) is 9.59 Å². The van der Waals surface area contributed by atoms with E-state index in [9.17, 15) is 9.59 Å². The van der Waals surface area contributed by atoms with E-state index in [1.807, 2.05) is 59.5 Å². The van der Waals surface area contributed by atoms with Crippen LogP contribution in [0.5, 0.6) is 5.75 Å². The number of piperazine rings is 1. The summed E-state index contributed by atoms with van der Waals surface area (Å²) in [6.45, 7) is 4.49. The third kappa shape index (κ3) is 4.17. The van der Waals surface area contributed by atoms with Crippen molar-refractivity contribution in [2.45, 2.75) is 12.3 Å². The van der Waals surface area contributed by atoms with Gasteiger partial charge in [0.15, 0.2) is 0 Å². The molecule has 1 unspecified atom stereocenters. The molecule has 6 nitrogen and oxygen atoms in total. The van der Waals surface area contributed by atoms with Crippen molar-refractivity contribution in [1.29, 1.82) is 0 Å². The maximum Gasteiger partial charge on any atom is 0.230 e. The molecule has 2 aliphatic rings. The van der Waals surface area contributed by atoms with Crippen molar-refractivity contribution in [1.82, 2.24) is 9.80 Å². The maximum absolute atomic E-state index is 13.1. The Bertz CT molecular complexity index is 832. The molecule has 1 atom stereocenters. The first kappa shape index (κ1) is 18.5. The number of hydrogen-bond acceptors (Lipinski definition) is 4. The Morgan fingerprint density at radius 1 is 1.00 bits per heavy atom. The molecule has 1 saturated heterocycles. The van der Waals surface area contributed by atoms with Crippen molar-refractivity contribution in [2.75, 3.05) is 44.6 Å². The summed E-state index contributed by atoms with van der Waals surface area (Å²) < 4.78 is 5.76. The van der Waals surface area contributed by atoms with Gasteiger partial charge in [-0.25, -0.2) is 0 Å². The van der Waals surface area contributed by atoms with E-state index in [4.69, 9.17) is 4.74 Å². The second kappa shape index (κ2) is 8.44. The standard InChI is InChI=1S/C22H25N3O3/c26-21-16-19(18-8-4-5-9-20(18)23-21)22(27)25-12-10-24(11-13-25)14-15-28-17-6-2-1-3-7-17/h1-9,19H,10-16H2,(H,23,26). The number of carbonyl (C=O) groups excluding carboxylic acids is 2. The summed E-state index contributed by atoms with van der Waals surface area (Å²) in [5, 5.41) is 2.86. The van der Waals surface area contributed by atoms with Crippen LogP contribution >= 0.6 is 0 Å². The molecule has 0 saturated carbocycles. The Morgan fingerprint density at radius 2 is 1.71 bits per heavy atom. The Kier molecular flexibility index (Phi) is 5.58. The number of anilines is 1. The van der Waals surface area contributed by atoms with Gasteiger partial charge >= 0.3 is 0 Å². The highest BCUT2D eigenvalue weighted by atomic mass is 16.5. The van der Waals surface area contributed by atoms with Gasteiger partial charge in [-0.05, 0) is 23.8 Å². The highest BCUT2D eigenvalue weighted by Gasteiger charge is 2.34. The third-order valence-electron chi connectivity index (χ3n) is 5.40. The van der Waals surface area contributed by atoms with E-state index >= 15 is 0 Å². The first-order chi connectivity index (χ1) is 13.7. The van der Waals surface area contributed by atoms with Crippen LogP contribution in [0.15, 0.2) is 54.6 Å². The van der Waals surface area contributed by atoms with E-state index in [0.29, 0.717) is 19.7 Å². The zero-order chi connectivity index (χ0) is 19.3. The zero-order valence-electron chi connectivity index (χ0n) is 15.8. The van der Waals surface area contributed by atoms with Crippen LogP contribution in [0, 0.1) is 0 Å². The van der Waals surface area contributed by atoms with Gasteiger partial charge in [0.2, 0.25) is 11.8 Å². The van der Waals surface area contributed by atoms with E-state index in [2.05, 4.69) is 10.2 Å². The number of fused-ring (bicyclic) bond motifs is 1. The summed E-state index contributed by atoms with van der Waals surface area (Å²) in [4.78, 5) is 29.3. The lowest BCUT2D eigenvalue weighted by Gasteiger charge is -2.37. The Morgan fingerprint density at radius 3 is 2.50 bits per heavy atom. The predicted molar refractivity (Wildman–Crippen MR) is 107 cm³/mol. The minimum atomic E-state index is -0.377. The van der Waals surface area contributed by atoms with E-state index in [1.165, 1.54) is 0 Å². The first-order valence-electron chi connectivity index (χ1n) is 9.78. The van der Waals surface area contributed by atoms with Crippen molar-refractivity contribution in [3.05, 3.63) is 60.2 Å². The van der Waals surface area contributed by atoms with Gasteiger partial charge in [0.25, 0.3) is 0 Å². The molecule has 6 heteroatoms. The fourth-order valence-electron chi connectivity index (χ4n) is 3.85. The average Bonchev–Trinajstić information content (AvgIpc) is 2.74. The quantitative estimate of drug-likeness (QED) is 0.866. The van der Waals surface area contributed by atoms with Crippen molar-refractivity contribution in [2.24, 2.45) is 0 Å². The van der Waals surface area contributed by atoms with Gasteiger partial charge in [0.1, 0.15) is 12.4 Å². The molecule has 0 aliphatic carbocycles. The summed E-state index contributed by atoms with van der Waals surface area (Å²) in [5.74, 6) is 0.472. The molecular weight excluding hydrogens is 354 g/mol. The van der Waals surface area contributed by atoms with Crippen molar-refractivity contribution in [3.8, 4) is 5.75 Å². The molecule has 4 rings (SSSR count). The second-order valence-corrected chi connectivity index (χ2v) is 7.22. The molecule has 1 N–H and O–H groups in total. The van der Waals surface area contributed by atoms with Crippen LogP contribution in [0.25, 0.3) is 0 Å². The van der Waals surface area contributed by atoms with Gasteiger partial charge in [-0.3, -0.25) is 14.5 Å². The number of nitrogens with zero attached hydrogens (tertiary/aromatic N) is 2. The normalized spacial score (nSPS) is 19.6. The largest absolute Gasteiger partial charge is 0.492 e. The number of rotatable bonds is 5. The summed E-state index contributed by atoms with van der Waals surface area (Å²) in [7, 11) is 0. The zero-order valence-corrected chi connectivity index (χ0v) is 15.8. The Hall–Kier alpha value is -2.86. The number of para-hydroxylation sites is 2. The van der Waals surface area contributed by atoms with Gasteiger partial charge in [-0.2, -0.15) is 0 Å². The lowest BCUT2D eigenvalue weighted by atomic mass is 9.89. The number of amides is 2. The number of hydrogen-bond donors (Lipinski definition) is 1. The van der Waals surface area contributed by atoms with Gasteiger partial charge in [-0.1, -0.05) is 36.4 Å². The third-order valence-corrected chi connectivity index (χ3v) is 5.40. The van der Waals surface area contributed by atoms with Gasteiger partial charge in [0, 0.05) is 44.8 Å². The van der Waals surface area contributed by atoms with E-state index in [1.54, 1.807) is 0 Å². The lowest BCUT2D eigenvalue weighted by Crippen LogP contribution is -2.51. The molecule has 0 radical (unpaired) electrons. The minimum absolute atomic E-state index is 0.0579. The molecule has 2 heterocycles. The summed E-state index contributed by atoms with van der Waals surface area (Å²) in [6, 6.07) is 17.4. The van der Waals surface area contributed by atoms with Gasteiger partial charge in [0.05, 0.1) is 5.92 Å². The molecule has 1 fully saturated rings. The predicted octanol–water partition coefficient (Wildman–Crippen LogP) is 2.34. The van der Waals surface area contributed by atoms with E-state index in [0.717, 1.165) is 36.6 Å². The van der Waals surface area contributed by atoms with Crippen molar-refractivity contribution < 1.29 is 14.3 Å². The molecule has 28 heavy (non-hydrogen) atoms. The highest BCUT2D eigenvalue weighted by Crippen LogP contribution is 2.33. The fourth-order valence-corrected chi connectivity index (χ4v) is 3.85. The monoisotopic (exact) mass is 379 g/mol. The molecule has 146 valence electrons. The number of nitrogens with one attached hydrogen (secondary N) is 1. The van der Waals surface area contributed by atoms with Crippen LogP contribution < -0.4 is 10.1 Å². The molecule has 0 bridgehead atoms. The Labute approximate surface area is 165 Å². The molecular formula is C22H25N3O3. The smallest absolute Gasteiger partial charge is 0.230 e. The van der Waals surface area contributed by atoms with Crippen LogP contribution in [0.1, 0.15) is 17.9 Å². The molecule has 0 aromatic heterocycles. The SMILES string of the molecule is O=C1CC(C(=O)N2CCN(CCOc3ccccc3)CC2)c2ccccc2N1. The van der Waals surface area contributed by atoms with E-state index < -0.39 is 0 Å². The number of benzene rings is 2. The summed E-state index contributed by atoms with van der Waals surface area (Å²) in [6.07, 6.45) is 0.223. The summed E-state index contributed by atoms with van der Waals surface area (Å²) >= 11 is 0. The molecule has 2 aromatic carbocycles. The molecule has 2 amide bonds. The first-order valence-corrected chi connectivity index (χ1v) is 9.78. The average molecular weight is 379 g/mol. The van der Waals surface area contributed by atoms with Crippen LogP contribution in [-0.4, -0.2) is 60.9 Å². The number of carbonyl (C=O) groups is 2. The van der Waals surface area contributed by atoms with Gasteiger partial charge in [-0.15, -0.1) is 0 Å². The highest BCUT2D eigenvalue weighted by molar-refractivity contribution is 6.01. The lowest BCUT2D eigenvalue weighted by molar-refractivity contribution is -0.136. The second-order valence-electron chi connectivity index (χ2n) is 7.22. The maximum atomic E-state index is 13.1. The fraction of sp³-hybridized carbons (Fsp3) is 0.364. The Balaban J connectivity index is 1.29. The van der Waals surface area contributed by atoms with Crippen molar-refractivity contribution in [3.63, 3.8) is 0 Å². The molecule has 0 spiro atoms. The van der Waals surface area contributed by atoms with Crippen LogP contribution in [0.2, 0.25) is 0 Å². The van der Waals surface area contributed by atoms with E-state index in [-0.39, 0.29) is 24.2 Å². The molecule has 2 aliphatic heterocycles. The van der Waals surface area contributed by atoms with Crippen LogP contribution in [0.3, 0.4) is 0 Å².